The van der Waals surface area contributed by atoms with Gasteiger partial charge in [0.05, 0.1) is 0 Å². The molecule has 12 heteroatoms. The van der Waals surface area contributed by atoms with Crippen LogP contribution in [0.25, 0.3) is 0 Å². The highest BCUT2D eigenvalue weighted by Gasteiger charge is 2.47. The third kappa shape index (κ3) is 6.36. The van der Waals surface area contributed by atoms with Gasteiger partial charge in [0.25, 0.3) is 20.7 Å². The van der Waals surface area contributed by atoms with Crippen molar-refractivity contribution in [1.82, 2.24) is 0 Å². The second kappa shape index (κ2) is 7.67. The molecule has 0 bridgehead atoms. The molecule has 0 aromatic carbocycles. The lowest BCUT2D eigenvalue weighted by Crippen LogP contribution is -2.55. The van der Waals surface area contributed by atoms with Crippen LogP contribution in [0.1, 0.15) is 0 Å². The standard InChI is InChI=1S/C6H18B6O6/c1-7(2)13-10-16-11(14-8(3)4)18-12(17-10)15-9(5)6/h1-6H3. The van der Waals surface area contributed by atoms with Crippen LogP contribution in [0.2, 0.25) is 40.9 Å². The summed E-state index contributed by atoms with van der Waals surface area (Å²) in [7, 11) is -2.57. The molecule has 0 atom stereocenters. The van der Waals surface area contributed by atoms with Crippen LogP contribution in [0.15, 0.2) is 0 Å². The Morgan fingerprint density at radius 2 is 0.778 bits per heavy atom. The summed E-state index contributed by atoms with van der Waals surface area (Å²) in [5.41, 5.74) is 0. The molecule has 0 radical (unpaired) electrons. The zero-order valence-electron chi connectivity index (χ0n) is 11.9. The van der Waals surface area contributed by atoms with Gasteiger partial charge in [0, 0.05) is 0 Å². The quantitative estimate of drug-likeness (QED) is 0.651. The van der Waals surface area contributed by atoms with Crippen LogP contribution in [-0.2, 0) is 27.4 Å². The van der Waals surface area contributed by atoms with Crippen LogP contribution >= 0.6 is 0 Å². The Bertz CT molecular complexity index is 199. The van der Waals surface area contributed by atoms with Gasteiger partial charge in [-0.05, 0) is 0 Å². The molecule has 0 aromatic heterocycles. The molecule has 1 fully saturated rings. The minimum atomic E-state index is -0.855. The van der Waals surface area contributed by atoms with Crippen molar-refractivity contribution in [3.05, 3.63) is 0 Å². The van der Waals surface area contributed by atoms with Gasteiger partial charge in [0.15, 0.2) is 0 Å². The van der Waals surface area contributed by atoms with E-state index in [9.17, 15) is 0 Å². The van der Waals surface area contributed by atoms with Crippen molar-refractivity contribution in [2.45, 2.75) is 40.9 Å². The fourth-order valence-corrected chi connectivity index (χ4v) is 1.23. The van der Waals surface area contributed by atoms with Gasteiger partial charge in [-0.2, -0.15) is 0 Å². The maximum absolute atomic E-state index is 5.43. The third-order valence-corrected chi connectivity index (χ3v) is 1.82. The number of hydrogen-bond acceptors (Lipinski definition) is 6. The van der Waals surface area contributed by atoms with E-state index < -0.39 is 22.0 Å². The van der Waals surface area contributed by atoms with Crippen LogP contribution in [0, 0.1) is 0 Å². The van der Waals surface area contributed by atoms with Gasteiger partial charge in [-0.3, -0.25) is 0 Å². The van der Waals surface area contributed by atoms with Crippen molar-refractivity contribution in [2.75, 3.05) is 0 Å². The Hall–Kier alpha value is 0.150. The minimum absolute atomic E-state index is 0.0347. The van der Waals surface area contributed by atoms with E-state index in [-0.39, 0.29) is 20.7 Å². The lowest BCUT2D eigenvalue weighted by atomic mass is 9.71. The molecular weight excluding hydrogens is 233 g/mol. The highest BCUT2D eigenvalue weighted by Crippen LogP contribution is 2.13. The number of rotatable bonds is 6. The Morgan fingerprint density at radius 1 is 0.556 bits per heavy atom. The lowest BCUT2D eigenvalue weighted by Gasteiger charge is -2.30. The van der Waals surface area contributed by atoms with Crippen molar-refractivity contribution in [2.24, 2.45) is 0 Å². The number of hydrogen-bond donors (Lipinski definition) is 0. The molecule has 0 amide bonds. The van der Waals surface area contributed by atoms with E-state index in [0.717, 1.165) is 0 Å². The zero-order valence-corrected chi connectivity index (χ0v) is 11.9. The van der Waals surface area contributed by atoms with Crippen molar-refractivity contribution in [3.63, 3.8) is 0 Å². The molecule has 1 heterocycles. The van der Waals surface area contributed by atoms with Gasteiger partial charge in [-0.15, -0.1) is 0 Å². The summed E-state index contributed by atoms with van der Waals surface area (Å²) < 4.78 is 32.3. The Morgan fingerprint density at radius 3 is 0.944 bits per heavy atom. The van der Waals surface area contributed by atoms with Gasteiger partial charge < -0.3 is 27.4 Å². The molecule has 0 aromatic rings. The van der Waals surface area contributed by atoms with E-state index >= 15 is 0 Å². The van der Waals surface area contributed by atoms with E-state index in [4.69, 9.17) is 27.4 Å². The maximum Gasteiger partial charge on any atom is 0.599 e. The van der Waals surface area contributed by atoms with E-state index in [0.29, 0.717) is 0 Å². The molecule has 6 nitrogen and oxygen atoms in total. The predicted octanol–water partition coefficient (Wildman–Crippen LogP) is 0.808. The van der Waals surface area contributed by atoms with Crippen molar-refractivity contribution in [3.8, 4) is 0 Å². The first kappa shape index (κ1) is 16.2. The van der Waals surface area contributed by atoms with E-state index in [2.05, 4.69) is 0 Å². The second-order valence-corrected chi connectivity index (χ2v) is 4.83. The fourth-order valence-electron chi connectivity index (χ4n) is 1.23. The minimum Gasteiger partial charge on any atom is -0.451 e. The largest absolute Gasteiger partial charge is 0.599 e. The van der Waals surface area contributed by atoms with Gasteiger partial charge in [0.2, 0.25) is 0 Å². The predicted molar refractivity (Wildman–Crippen MR) is 76.2 cm³/mol. The molecule has 96 valence electrons. The Balaban J connectivity index is 2.54. The maximum atomic E-state index is 5.43. The molecule has 0 saturated carbocycles. The first-order valence-corrected chi connectivity index (χ1v) is 6.29. The van der Waals surface area contributed by atoms with Crippen molar-refractivity contribution < 1.29 is 27.4 Å². The normalized spacial score (nSPS) is 16.0. The average molecular weight is 251 g/mol. The van der Waals surface area contributed by atoms with Gasteiger partial charge in [0.1, 0.15) is 0 Å². The molecule has 0 N–H and O–H groups in total. The smallest absolute Gasteiger partial charge is 0.451 e. The van der Waals surface area contributed by atoms with Crippen LogP contribution in [0.3, 0.4) is 0 Å². The van der Waals surface area contributed by atoms with Crippen molar-refractivity contribution >= 4 is 42.7 Å². The summed E-state index contributed by atoms with van der Waals surface area (Å²) in [6, 6.07) is 0. The first-order valence-electron chi connectivity index (χ1n) is 6.29. The Labute approximate surface area is 112 Å². The van der Waals surface area contributed by atoms with Crippen LogP contribution in [0.5, 0.6) is 0 Å². The summed E-state index contributed by atoms with van der Waals surface area (Å²) in [4.78, 5) is 0. The summed E-state index contributed by atoms with van der Waals surface area (Å²) in [5, 5.41) is 0. The lowest BCUT2D eigenvalue weighted by molar-refractivity contribution is 0.146. The molecule has 1 aliphatic rings. The highest BCUT2D eigenvalue weighted by molar-refractivity contribution is 6.75. The van der Waals surface area contributed by atoms with Crippen molar-refractivity contribution in [1.29, 1.82) is 0 Å². The molecule has 1 aliphatic heterocycles. The van der Waals surface area contributed by atoms with E-state index in [1.165, 1.54) is 0 Å². The van der Waals surface area contributed by atoms with Gasteiger partial charge in [-0.25, -0.2) is 0 Å². The van der Waals surface area contributed by atoms with Gasteiger partial charge >= 0.3 is 22.0 Å². The van der Waals surface area contributed by atoms with Crippen LogP contribution in [0.4, 0.5) is 0 Å². The molecule has 0 unspecified atom stereocenters. The second-order valence-electron chi connectivity index (χ2n) is 4.83. The third-order valence-electron chi connectivity index (χ3n) is 1.82. The summed E-state index contributed by atoms with van der Waals surface area (Å²) in [5.74, 6) is 0. The molecular formula is C6H18B6O6. The SMILES string of the molecule is CB(C)OB1OB(OB(C)C)OB(OB(C)C)O1. The zero-order chi connectivity index (χ0) is 13.7. The average Bonchev–Trinajstić information content (AvgIpc) is 2.12. The summed E-state index contributed by atoms with van der Waals surface area (Å²) >= 11 is 0. The van der Waals surface area contributed by atoms with E-state index in [1.807, 2.05) is 40.9 Å². The van der Waals surface area contributed by atoms with Crippen LogP contribution in [-0.4, -0.2) is 42.7 Å². The molecule has 0 aliphatic carbocycles. The van der Waals surface area contributed by atoms with Crippen LogP contribution < -0.4 is 0 Å². The molecule has 1 rings (SSSR count). The van der Waals surface area contributed by atoms with Gasteiger partial charge in [-0.1, -0.05) is 40.9 Å². The monoisotopic (exact) mass is 252 g/mol. The molecule has 1 saturated heterocycles. The summed E-state index contributed by atoms with van der Waals surface area (Å²) in [6.07, 6.45) is 0. The fraction of sp³-hybridized carbons (Fsp3) is 1.00. The highest BCUT2D eigenvalue weighted by atomic mass is 16.9. The molecule has 18 heavy (non-hydrogen) atoms. The Kier molecular flexibility index (Phi) is 6.90. The van der Waals surface area contributed by atoms with E-state index in [1.54, 1.807) is 0 Å². The summed E-state index contributed by atoms with van der Waals surface area (Å²) in [6.45, 7) is 11.2. The first-order chi connectivity index (χ1) is 8.36. The topological polar surface area (TPSA) is 55.4 Å². The molecule has 0 spiro atoms.